The van der Waals surface area contributed by atoms with Gasteiger partial charge in [-0.3, -0.25) is 14.2 Å². The minimum atomic E-state index is -4.09. The topological polar surface area (TPSA) is 153 Å². The summed E-state index contributed by atoms with van der Waals surface area (Å²) in [7, 11) is -4.09. The van der Waals surface area contributed by atoms with E-state index in [1.807, 2.05) is 0 Å². The van der Waals surface area contributed by atoms with Crippen molar-refractivity contribution in [3.05, 3.63) is 0 Å². The van der Waals surface area contributed by atoms with Crippen LogP contribution < -0.4 is 10.6 Å². The Morgan fingerprint density at radius 3 is 2.18 bits per heavy atom. The summed E-state index contributed by atoms with van der Waals surface area (Å²) in [6.07, 6.45) is 0.345. The summed E-state index contributed by atoms with van der Waals surface area (Å²) in [5, 5.41) is 13.7. The van der Waals surface area contributed by atoms with E-state index in [2.05, 4.69) is 10.6 Å². The first-order valence-electron chi connectivity index (χ1n) is 6.94. The van der Waals surface area contributed by atoms with E-state index in [-0.39, 0.29) is 37.8 Å². The van der Waals surface area contributed by atoms with Gasteiger partial charge in [0.2, 0.25) is 11.8 Å². The SMILES string of the molecule is CCC(=O)N[C@@H](C)C(=O)N[C@H](CCCCP(=O)(O)O)C(=O)O. The van der Waals surface area contributed by atoms with E-state index in [0.717, 1.165) is 0 Å². The number of hydrogen-bond donors (Lipinski definition) is 5. The largest absolute Gasteiger partial charge is 0.480 e. The highest BCUT2D eigenvalue weighted by atomic mass is 31.2. The molecular formula is C12H23N2O7P. The molecule has 0 unspecified atom stereocenters. The third-order valence-electron chi connectivity index (χ3n) is 2.90. The Labute approximate surface area is 128 Å². The lowest BCUT2D eigenvalue weighted by molar-refractivity contribution is -0.142. The Balaban J connectivity index is 4.34. The number of carboxylic acid groups (broad SMARTS) is 1. The molecule has 0 saturated carbocycles. The fourth-order valence-corrected chi connectivity index (χ4v) is 2.26. The highest BCUT2D eigenvalue weighted by molar-refractivity contribution is 7.51. The molecule has 0 aromatic rings. The summed E-state index contributed by atoms with van der Waals surface area (Å²) in [4.78, 5) is 51.4. The second-order valence-electron chi connectivity index (χ2n) is 4.93. The average molecular weight is 338 g/mol. The van der Waals surface area contributed by atoms with Gasteiger partial charge in [0.1, 0.15) is 12.1 Å². The van der Waals surface area contributed by atoms with Crippen LogP contribution in [0.1, 0.15) is 39.5 Å². The van der Waals surface area contributed by atoms with Crippen LogP contribution in [-0.2, 0) is 18.9 Å². The van der Waals surface area contributed by atoms with Gasteiger partial charge in [0, 0.05) is 12.6 Å². The van der Waals surface area contributed by atoms with Crippen molar-refractivity contribution < 1.29 is 33.8 Å². The summed E-state index contributed by atoms with van der Waals surface area (Å²) in [5.74, 6) is -2.18. The van der Waals surface area contributed by atoms with Gasteiger partial charge in [0.25, 0.3) is 0 Å². The predicted octanol–water partition coefficient (Wildman–Crippen LogP) is -0.182. The van der Waals surface area contributed by atoms with Crippen LogP contribution in [0.5, 0.6) is 0 Å². The van der Waals surface area contributed by atoms with Crippen molar-refractivity contribution in [2.24, 2.45) is 0 Å². The van der Waals surface area contributed by atoms with Gasteiger partial charge >= 0.3 is 13.6 Å². The number of carbonyl (C=O) groups is 3. The molecule has 5 N–H and O–H groups in total. The van der Waals surface area contributed by atoms with E-state index >= 15 is 0 Å². The summed E-state index contributed by atoms with van der Waals surface area (Å²) in [6, 6.07) is -2.02. The molecular weight excluding hydrogens is 315 g/mol. The monoisotopic (exact) mass is 338 g/mol. The minimum absolute atomic E-state index is 0.0511. The molecule has 10 heteroatoms. The van der Waals surface area contributed by atoms with Gasteiger partial charge in [0.15, 0.2) is 0 Å². The van der Waals surface area contributed by atoms with E-state index < -0.39 is 31.6 Å². The first-order valence-corrected chi connectivity index (χ1v) is 8.73. The van der Waals surface area contributed by atoms with Crippen LogP contribution in [0.2, 0.25) is 0 Å². The average Bonchev–Trinajstić information content (AvgIpc) is 2.40. The number of nitrogens with one attached hydrogen (secondary N) is 2. The molecule has 128 valence electrons. The van der Waals surface area contributed by atoms with E-state index in [1.165, 1.54) is 6.92 Å². The van der Waals surface area contributed by atoms with Crippen LogP contribution in [0.3, 0.4) is 0 Å². The Kier molecular flexibility index (Phi) is 8.93. The molecule has 0 bridgehead atoms. The van der Waals surface area contributed by atoms with Crippen molar-refractivity contribution in [3.8, 4) is 0 Å². The number of aliphatic carboxylic acids is 1. The molecule has 0 aromatic carbocycles. The predicted molar refractivity (Wildman–Crippen MR) is 78.2 cm³/mol. The second kappa shape index (κ2) is 9.55. The summed E-state index contributed by atoms with van der Waals surface area (Å²) in [5.41, 5.74) is 0. The standard InChI is InChI=1S/C12H23N2O7P/c1-3-10(15)13-8(2)11(16)14-9(12(17)18)6-4-5-7-22(19,20)21/h8-9H,3-7H2,1-2H3,(H,13,15)(H,14,16)(H,17,18)(H2,19,20,21)/t8-,9+/m0/s1. The maximum atomic E-state index is 11.8. The van der Waals surface area contributed by atoms with Gasteiger partial charge in [-0.25, -0.2) is 4.79 Å². The van der Waals surface area contributed by atoms with Crippen molar-refractivity contribution in [3.63, 3.8) is 0 Å². The van der Waals surface area contributed by atoms with Gasteiger partial charge in [-0.05, 0) is 19.8 Å². The van der Waals surface area contributed by atoms with Gasteiger partial charge in [0.05, 0.1) is 0 Å². The second-order valence-corrected chi connectivity index (χ2v) is 6.70. The van der Waals surface area contributed by atoms with Crippen molar-refractivity contribution in [2.75, 3.05) is 6.16 Å². The molecule has 2 atom stereocenters. The molecule has 0 saturated heterocycles. The van der Waals surface area contributed by atoms with Gasteiger partial charge in [-0.1, -0.05) is 13.3 Å². The van der Waals surface area contributed by atoms with Crippen LogP contribution in [0, 0.1) is 0 Å². The lowest BCUT2D eigenvalue weighted by atomic mass is 10.1. The molecule has 0 heterocycles. The molecule has 0 rings (SSSR count). The van der Waals surface area contributed by atoms with Crippen molar-refractivity contribution >= 4 is 25.4 Å². The zero-order valence-corrected chi connectivity index (χ0v) is 13.5. The summed E-state index contributed by atoms with van der Waals surface area (Å²) < 4.78 is 10.7. The maximum absolute atomic E-state index is 11.8. The van der Waals surface area contributed by atoms with Gasteiger partial charge < -0.3 is 25.5 Å². The van der Waals surface area contributed by atoms with E-state index in [0.29, 0.717) is 0 Å². The molecule has 2 amide bonds. The molecule has 22 heavy (non-hydrogen) atoms. The van der Waals surface area contributed by atoms with Crippen molar-refractivity contribution in [1.29, 1.82) is 0 Å². The number of hydrogen-bond acceptors (Lipinski definition) is 4. The zero-order chi connectivity index (χ0) is 17.3. The maximum Gasteiger partial charge on any atom is 0.326 e. The zero-order valence-electron chi connectivity index (χ0n) is 12.6. The molecule has 0 radical (unpaired) electrons. The van der Waals surface area contributed by atoms with E-state index in [4.69, 9.17) is 14.9 Å². The first kappa shape index (κ1) is 20.6. The lowest BCUT2D eigenvalue weighted by Crippen LogP contribution is -2.50. The quantitative estimate of drug-likeness (QED) is 0.273. The Bertz CT molecular complexity index is 449. The highest BCUT2D eigenvalue weighted by Crippen LogP contribution is 2.35. The number of rotatable bonds is 10. The molecule has 0 aromatic heterocycles. The van der Waals surface area contributed by atoms with Crippen LogP contribution >= 0.6 is 7.60 Å². The number of carbonyl (C=O) groups excluding carboxylic acids is 2. The lowest BCUT2D eigenvalue weighted by Gasteiger charge is -2.18. The minimum Gasteiger partial charge on any atom is -0.480 e. The fourth-order valence-electron chi connectivity index (χ4n) is 1.63. The van der Waals surface area contributed by atoms with Crippen LogP contribution in [0.15, 0.2) is 0 Å². The Morgan fingerprint density at radius 1 is 1.14 bits per heavy atom. The number of amides is 2. The van der Waals surface area contributed by atoms with Crippen molar-refractivity contribution in [2.45, 2.75) is 51.6 Å². The summed E-state index contributed by atoms with van der Waals surface area (Å²) >= 11 is 0. The van der Waals surface area contributed by atoms with Gasteiger partial charge in [-0.15, -0.1) is 0 Å². The number of carboxylic acids is 1. The summed E-state index contributed by atoms with van der Waals surface area (Å²) in [6.45, 7) is 3.07. The molecule has 9 nitrogen and oxygen atoms in total. The normalized spacial score (nSPS) is 14.0. The van der Waals surface area contributed by atoms with Crippen molar-refractivity contribution in [1.82, 2.24) is 10.6 Å². The fraction of sp³-hybridized carbons (Fsp3) is 0.750. The molecule has 0 aliphatic carbocycles. The van der Waals surface area contributed by atoms with E-state index in [9.17, 15) is 18.9 Å². The first-order chi connectivity index (χ1) is 10.1. The third-order valence-corrected chi connectivity index (χ3v) is 3.80. The number of unbranched alkanes of at least 4 members (excludes halogenated alkanes) is 1. The molecule has 0 fully saturated rings. The Hall–Kier alpha value is -1.44. The molecule has 0 aliphatic heterocycles. The Morgan fingerprint density at radius 2 is 1.73 bits per heavy atom. The van der Waals surface area contributed by atoms with Crippen LogP contribution in [0.25, 0.3) is 0 Å². The van der Waals surface area contributed by atoms with Crippen LogP contribution in [-0.4, -0.2) is 50.9 Å². The molecule has 0 aliphatic rings. The molecule has 0 spiro atoms. The third kappa shape index (κ3) is 9.49. The van der Waals surface area contributed by atoms with E-state index in [1.54, 1.807) is 6.92 Å². The van der Waals surface area contributed by atoms with Crippen LogP contribution in [0.4, 0.5) is 0 Å². The highest BCUT2D eigenvalue weighted by Gasteiger charge is 2.23. The smallest absolute Gasteiger partial charge is 0.326 e. The van der Waals surface area contributed by atoms with Gasteiger partial charge in [-0.2, -0.15) is 0 Å².